The van der Waals surface area contributed by atoms with E-state index in [9.17, 15) is 9.59 Å². The van der Waals surface area contributed by atoms with Crippen molar-refractivity contribution in [3.8, 4) is 5.69 Å². The van der Waals surface area contributed by atoms with Crippen LogP contribution < -0.4 is 10.7 Å². The van der Waals surface area contributed by atoms with Gasteiger partial charge < -0.3 is 14.6 Å². The number of hydrogen-bond acceptors (Lipinski definition) is 4. The number of benzene rings is 1. The molecule has 27 heavy (non-hydrogen) atoms. The molecule has 0 aliphatic carbocycles. The molecule has 0 bridgehead atoms. The molecule has 7 heteroatoms. The predicted octanol–water partition coefficient (Wildman–Crippen LogP) is 2.01. The summed E-state index contributed by atoms with van der Waals surface area (Å²) in [6.45, 7) is 6.95. The Morgan fingerprint density at radius 2 is 1.85 bits per heavy atom. The fourth-order valence-electron chi connectivity index (χ4n) is 2.72. The summed E-state index contributed by atoms with van der Waals surface area (Å²) in [5.74, 6) is -1.51. The SMILES string of the molecule is COCCCNC(=O)C(=O)N/N=C\c1cc(C)n(-c2ccc(C)cc2)c1C. The summed E-state index contributed by atoms with van der Waals surface area (Å²) >= 11 is 0. The lowest BCUT2D eigenvalue weighted by Gasteiger charge is -2.09. The number of carbonyl (C=O) groups is 2. The molecule has 0 aliphatic rings. The van der Waals surface area contributed by atoms with E-state index >= 15 is 0 Å². The Labute approximate surface area is 159 Å². The normalized spacial score (nSPS) is 11.0. The van der Waals surface area contributed by atoms with Crippen molar-refractivity contribution in [2.75, 3.05) is 20.3 Å². The van der Waals surface area contributed by atoms with Crippen molar-refractivity contribution in [1.29, 1.82) is 0 Å². The summed E-state index contributed by atoms with van der Waals surface area (Å²) in [6.07, 6.45) is 2.19. The van der Waals surface area contributed by atoms with Crippen LogP contribution in [-0.4, -0.2) is 42.9 Å². The lowest BCUT2D eigenvalue weighted by molar-refractivity contribution is -0.139. The van der Waals surface area contributed by atoms with Gasteiger partial charge >= 0.3 is 11.8 Å². The minimum Gasteiger partial charge on any atom is -0.385 e. The number of aromatic nitrogens is 1. The minimum absolute atomic E-state index is 0.376. The summed E-state index contributed by atoms with van der Waals surface area (Å²) in [7, 11) is 1.58. The zero-order valence-corrected chi connectivity index (χ0v) is 16.2. The second-order valence-corrected chi connectivity index (χ2v) is 6.30. The summed E-state index contributed by atoms with van der Waals surface area (Å²) < 4.78 is 7.00. The van der Waals surface area contributed by atoms with Crippen LogP contribution in [0.4, 0.5) is 0 Å². The fraction of sp³-hybridized carbons (Fsp3) is 0.350. The highest BCUT2D eigenvalue weighted by Gasteiger charge is 2.12. The zero-order chi connectivity index (χ0) is 19.8. The average molecular weight is 370 g/mol. The highest BCUT2D eigenvalue weighted by Crippen LogP contribution is 2.20. The number of rotatable bonds is 7. The van der Waals surface area contributed by atoms with Gasteiger partial charge in [-0.15, -0.1) is 0 Å². The van der Waals surface area contributed by atoms with Gasteiger partial charge in [-0.05, 0) is 45.4 Å². The summed E-state index contributed by atoms with van der Waals surface area (Å²) in [6, 6.07) is 10.2. The van der Waals surface area contributed by atoms with Gasteiger partial charge in [0.1, 0.15) is 0 Å². The molecular weight excluding hydrogens is 344 g/mol. The summed E-state index contributed by atoms with van der Waals surface area (Å²) in [4.78, 5) is 23.4. The Hall–Kier alpha value is -2.93. The van der Waals surface area contributed by atoms with E-state index in [1.807, 2.05) is 26.8 Å². The highest BCUT2D eigenvalue weighted by atomic mass is 16.5. The molecule has 0 unspecified atom stereocenters. The third-order valence-corrected chi connectivity index (χ3v) is 4.15. The van der Waals surface area contributed by atoms with Crippen molar-refractivity contribution in [3.05, 3.63) is 52.8 Å². The van der Waals surface area contributed by atoms with Crippen molar-refractivity contribution in [2.24, 2.45) is 5.10 Å². The largest absolute Gasteiger partial charge is 0.385 e. The van der Waals surface area contributed by atoms with Gasteiger partial charge in [0.25, 0.3) is 0 Å². The topological polar surface area (TPSA) is 84.7 Å². The van der Waals surface area contributed by atoms with Gasteiger partial charge in [-0.25, -0.2) is 5.43 Å². The number of nitrogens with one attached hydrogen (secondary N) is 2. The Bertz CT molecular complexity index is 822. The van der Waals surface area contributed by atoms with Gasteiger partial charge in [0.2, 0.25) is 0 Å². The first-order valence-electron chi connectivity index (χ1n) is 8.80. The molecule has 0 aliphatic heterocycles. The van der Waals surface area contributed by atoms with Crippen molar-refractivity contribution in [1.82, 2.24) is 15.3 Å². The van der Waals surface area contributed by atoms with Crippen LogP contribution in [0.5, 0.6) is 0 Å². The molecule has 0 saturated heterocycles. The standard InChI is InChI=1S/C20H26N4O3/c1-14-6-8-18(9-7-14)24-15(2)12-17(16(24)3)13-22-23-20(26)19(25)21-10-5-11-27-4/h6-9,12-13H,5,10-11H2,1-4H3,(H,21,25)(H,23,26)/b22-13-. The average Bonchev–Trinajstić information content (AvgIpc) is 2.93. The van der Waals surface area contributed by atoms with Crippen LogP contribution in [0.3, 0.4) is 0 Å². The molecule has 1 aromatic heterocycles. The second kappa shape index (κ2) is 9.68. The smallest absolute Gasteiger partial charge is 0.329 e. The maximum atomic E-state index is 11.7. The quantitative estimate of drug-likeness (QED) is 0.338. The number of aryl methyl sites for hydroxylation is 2. The van der Waals surface area contributed by atoms with E-state index in [2.05, 4.69) is 44.7 Å². The maximum absolute atomic E-state index is 11.7. The fourth-order valence-corrected chi connectivity index (χ4v) is 2.72. The molecule has 2 N–H and O–H groups in total. The first-order valence-corrected chi connectivity index (χ1v) is 8.80. The van der Waals surface area contributed by atoms with Crippen LogP contribution in [0.15, 0.2) is 35.4 Å². The van der Waals surface area contributed by atoms with Crippen molar-refractivity contribution >= 4 is 18.0 Å². The number of carbonyl (C=O) groups excluding carboxylic acids is 2. The molecule has 0 radical (unpaired) electrons. The molecule has 1 aromatic carbocycles. The van der Waals surface area contributed by atoms with E-state index in [1.165, 1.54) is 5.56 Å². The van der Waals surface area contributed by atoms with Crippen LogP contribution >= 0.6 is 0 Å². The van der Waals surface area contributed by atoms with Crippen LogP contribution in [0, 0.1) is 20.8 Å². The molecule has 144 valence electrons. The first-order chi connectivity index (χ1) is 12.9. The number of ether oxygens (including phenoxy) is 1. The number of amides is 2. The molecule has 0 fully saturated rings. The Kier molecular flexibility index (Phi) is 7.31. The highest BCUT2D eigenvalue weighted by molar-refractivity contribution is 6.35. The molecule has 2 aromatic rings. The minimum atomic E-state index is -0.795. The van der Waals surface area contributed by atoms with E-state index in [4.69, 9.17) is 4.74 Å². The Morgan fingerprint density at radius 3 is 2.52 bits per heavy atom. The van der Waals surface area contributed by atoms with E-state index < -0.39 is 11.8 Å². The zero-order valence-electron chi connectivity index (χ0n) is 16.2. The van der Waals surface area contributed by atoms with Gasteiger partial charge in [0.05, 0.1) is 6.21 Å². The molecule has 1 heterocycles. The van der Waals surface area contributed by atoms with Crippen LogP contribution in [-0.2, 0) is 14.3 Å². The van der Waals surface area contributed by atoms with Crippen molar-refractivity contribution < 1.29 is 14.3 Å². The number of methoxy groups -OCH3 is 1. The van der Waals surface area contributed by atoms with E-state index in [0.717, 1.165) is 22.6 Å². The van der Waals surface area contributed by atoms with Crippen molar-refractivity contribution in [2.45, 2.75) is 27.2 Å². The van der Waals surface area contributed by atoms with E-state index in [-0.39, 0.29) is 0 Å². The van der Waals surface area contributed by atoms with Crippen LogP contribution in [0.25, 0.3) is 5.69 Å². The molecule has 0 saturated carbocycles. The second-order valence-electron chi connectivity index (χ2n) is 6.30. The molecule has 0 spiro atoms. The third-order valence-electron chi connectivity index (χ3n) is 4.15. The van der Waals surface area contributed by atoms with Gasteiger partial charge in [-0.1, -0.05) is 17.7 Å². The molecule has 2 amide bonds. The van der Waals surface area contributed by atoms with Gasteiger partial charge in [0, 0.05) is 42.9 Å². The third kappa shape index (κ3) is 5.52. The number of nitrogens with zero attached hydrogens (tertiary/aromatic N) is 2. The molecular formula is C20H26N4O3. The van der Waals surface area contributed by atoms with Gasteiger partial charge in [0.15, 0.2) is 0 Å². The van der Waals surface area contributed by atoms with Gasteiger partial charge in [-0.3, -0.25) is 9.59 Å². The van der Waals surface area contributed by atoms with Crippen LogP contribution in [0.2, 0.25) is 0 Å². The maximum Gasteiger partial charge on any atom is 0.329 e. The first kappa shape index (κ1) is 20.4. The molecule has 7 nitrogen and oxygen atoms in total. The number of hydrazone groups is 1. The van der Waals surface area contributed by atoms with E-state index in [1.54, 1.807) is 13.3 Å². The van der Waals surface area contributed by atoms with E-state index in [0.29, 0.717) is 19.6 Å². The predicted molar refractivity (Wildman–Crippen MR) is 105 cm³/mol. The molecule has 0 atom stereocenters. The van der Waals surface area contributed by atoms with Gasteiger partial charge in [-0.2, -0.15) is 5.10 Å². The van der Waals surface area contributed by atoms with Crippen LogP contribution in [0.1, 0.15) is 28.9 Å². The summed E-state index contributed by atoms with van der Waals surface area (Å²) in [5.41, 5.74) is 7.44. The Balaban J connectivity index is 1.99. The lowest BCUT2D eigenvalue weighted by atomic mass is 10.2. The summed E-state index contributed by atoms with van der Waals surface area (Å²) in [5, 5.41) is 6.41. The molecule has 2 rings (SSSR count). The Morgan fingerprint density at radius 1 is 1.15 bits per heavy atom. The number of hydrogen-bond donors (Lipinski definition) is 2. The monoisotopic (exact) mass is 370 g/mol. The van der Waals surface area contributed by atoms with Crippen molar-refractivity contribution in [3.63, 3.8) is 0 Å². The lowest BCUT2D eigenvalue weighted by Crippen LogP contribution is -2.38.